The van der Waals surface area contributed by atoms with E-state index >= 15 is 0 Å². The van der Waals surface area contributed by atoms with E-state index in [4.69, 9.17) is 0 Å². The molecule has 0 radical (unpaired) electrons. The molecule has 0 saturated carbocycles. The molecule has 2 rings (SSSR count). The fourth-order valence-corrected chi connectivity index (χ4v) is 2.34. The summed E-state index contributed by atoms with van der Waals surface area (Å²) in [5, 5.41) is 6.18. The van der Waals surface area contributed by atoms with E-state index in [0.717, 1.165) is 31.5 Å². The first kappa shape index (κ1) is 13.9. The highest BCUT2D eigenvalue weighted by Crippen LogP contribution is 2.12. The van der Waals surface area contributed by atoms with Crippen LogP contribution in [0.4, 0.5) is 8.78 Å². The van der Waals surface area contributed by atoms with Crippen LogP contribution in [0.3, 0.4) is 0 Å². The van der Waals surface area contributed by atoms with Gasteiger partial charge in [-0.25, -0.2) is 8.78 Å². The molecular formula is C14H18F2N2O. The Morgan fingerprint density at radius 3 is 2.95 bits per heavy atom. The van der Waals surface area contributed by atoms with E-state index in [1.807, 2.05) is 6.92 Å². The number of piperidine rings is 1. The molecule has 2 N–H and O–H groups in total. The molecule has 2 atom stereocenters. The summed E-state index contributed by atoms with van der Waals surface area (Å²) in [5.74, 6) is -1.54. The Kier molecular flexibility index (Phi) is 4.47. The molecular weight excluding hydrogens is 250 g/mol. The van der Waals surface area contributed by atoms with Crippen molar-refractivity contribution in [3.63, 3.8) is 0 Å². The van der Waals surface area contributed by atoms with Crippen molar-refractivity contribution in [2.75, 3.05) is 6.54 Å². The fraction of sp³-hybridized carbons (Fsp3) is 0.500. The van der Waals surface area contributed by atoms with Crippen molar-refractivity contribution in [1.82, 2.24) is 10.6 Å². The molecule has 0 bridgehead atoms. The summed E-state index contributed by atoms with van der Waals surface area (Å²) in [7, 11) is 0. The number of rotatable bonds is 3. The quantitative estimate of drug-likeness (QED) is 0.877. The van der Waals surface area contributed by atoms with Crippen molar-refractivity contribution >= 4 is 5.91 Å². The summed E-state index contributed by atoms with van der Waals surface area (Å²) in [6.45, 7) is 2.97. The van der Waals surface area contributed by atoms with Crippen molar-refractivity contribution in [2.24, 2.45) is 0 Å². The van der Waals surface area contributed by atoms with Crippen LogP contribution in [-0.2, 0) is 11.2 Å². The van der Waals surface area contributed by atoms with Gasteiger partial charge in [-0.1, -0.05) is 6.07 Å². The van der Waals surface area contributed by atoms with E-state index in [-0.39, 0.29) is 30.0 Å². The van der Waals surface area contributed by atoms with Crippen molar-refractivity contribution in [3.8, 4) is 0 Å². The molecule has 1 amide bonds. The Morgan fingerprint density at radius 2 is 2.26 bits per heavy atom. The lowest BCUT2D eigenvalue weighted by Gasteiger charge is -2.30. The highest BCUT2D eigenvalue weighted by atomic mass is 19.1. The molecule has 1 aliphatic rings. The third-order valence-electron chi connectivity index (χ3n) is 3.47. The third-order valence-corrected chi connectivity index (χ3v) is 3.47. The SMILES string of the molecule is C[C@H]1NCCC[C@H]1NC(=O)Cc1ccc(F)cc1F. The topological polar surface area (TPSA) is 41.1 Å². The van der Waals surface area contributed by atoms with Gasteiger partial charge in [0.05, 0.1) is 6.42 Å². The second kappa shape index (κ2) is 6.10. The summed E-state index contributed by atoms with van der Waals surface area (Å²) in [4.78, 5) is 11.9. The minimum atomic E-state index is -0.676. The Labute approximate surface area is 111 Å². The maximum Gasteiger partial charge on any atom is 0.224 e. The van der Waals surface area contributed by atoms with Crippen LogP contribution < -0.4 is 10.6 Å². The van der Waals surface area contributed by atoms with Gasteiger partial charge in [-0.2, -0.15) is 0 Å². The molecule has 5 heteroatoms. The lowest BCUT2D eigenvalue weighted by Crippen LogP contribution is -2.52. The van der Waals surface area contributed by atoms with Crippen LogP contribution >= 0.6 is 0 Å². The molecule has 1 fully saturated rings. The Balaban J connectivity index is 1.93. The zero-order valence-corrected chi connectivity index (χ0v) is 10.9. The molecule has 0 unspecified atom stereocenters. The second-order valence-electron chi connectivity index (χ2n) is 4.97. The summed E-state index contributed by atoms with van der Waals surface area (Å²) < 4.78 is 26.2. The highest BCUT2D eigenvalue weighted by molar-refractivity contribution is 5.79. The number of halogens is 2. The number of hydrogen-bond acceptors (Lipinski definition) is 2. The second-order valence-corrected chi connectivity index (χ2v) is 4.97. The van der Waals surface area contributed by atoms with E-state index < -0.39 is 11.6 Å². The molecule has 1 saturated heterocycles. The molecule has 0 spiro atoms. The number of carbonyl (C=O) groups excluding carboxylic acids is 1. The molecule has 0 aliphatic carbocycles. The van der Waals surface area contributed by atoms with Gasteiger partial charge in [-0.3, -0.25) is 4.79 Å². The lowest BCUT2D eigenvalue weighted by molar-refractivity contribution is -0.121. The van der Waals surface area contributed by atoms with Crippen molar-refractivity contribution in [3.05, 3.63) is 35.4 Å². The maximum atomic E-state index is 13.4. The minimum absolute atomic E-state index is 0.0602. The van der Waals surface area contributed by atoms with Crippen molar-refractivity contribution < 1.29 is 13.6 Å². The van der Waals surface area contributed by atoms with Crippen LogP contribution in [0.2, 0.25) is 0 Å². The number of carbonyl (C=O) groups is 1. The molecule has 1 heterocycles. The van der Waals surface area contributed by atoms with Gasteiger partial charge in [0.25, 0.3) is 0 Å². The Hall–Kier alpha value is -1.49. The van der Waals surface area contributed by atoms with Crippen molar-refractivity contribution in [2.45, 2.75) is 38.3 Å². The van der Waals surface area contributed by atoms with Crippen molar-refractivity contribution in [1.29, 1.82) is 0 Å². The van der Waals surface area contributed by atoms with E-state index in [0.29, 0.717) is 0 Å². The maximum absolute atomic E-state index is 13.4. The zero-order valence-electron chi connectivity index (χ0n) is 10.9. The Morgan fingerprint density at radius 1 is 1.47 bits per heavy atom. The average molecular weight is 268 g/mol. The van der Waals surface area contributed by atoms with Crippen LogP contribution in [0.1, 0.15) is 25.3 Å². The van der Waals surface area contributed by atoms with E-state index in [1.165, 1.54) is 6.07 Å². The highest BCUT2D eigenvalue weighted by Gasteiger charge is 2.22. The molecule has 19 heavy (non-hydrogen) atoms. The average Bonchev–Trinajstić information content (AvgIpc) is 2.36. The first-order chi connectivity index (χ1) is 9.06. The smallest absolute Gasteiger partial charge is 0.224 e. The lowest BCUT2D eigenvalue weighted by atomic mass is 9.99. The van der Waals surface area contributed by atoms with Gasteiger partial charge in [0.2, 0.25) is 5.91 Å². The molecule has 1 aromatic carbocycles. The minimum Gasteiger partial charge on any atom is -0.352 e. The summed E-state index contributed by atoms with van der Waals surface area (Å²) >= 11 is 0. The molecule has 0 aromatic heterocycles. The zero-order chi connectivity index (χ0) is 13.8. The normalized spacial score (nSPS) is 23.1. The largest absolute Gasteiger partial charge is 0.352 e. The number of nitrogens with one attached hydrogen (secondary N) is 2. The predicted molar refractivity (Wildman–Crippen MR) is 68.7 cm³/mol. The van der Waals surface area contributed by atoms with Crippen LogP contribution in [0, 0.1) is 11.6 Å². The third kappa shape index (κ3) is 3.73. The molecule has 1 aromatic rings. The molecule has 3 nitrogen and oxygen atoms in total. The van der Waals surface area contributed by atoms with Gasteiger partial charge >= 0.3 is 0 Å². The van der Waals surface area contributed by atoms with Gasteiger partial charge in [0, 0.05) is 18.2 Å². The van der Waals surface area contributed by atoms with Crippen LogP contribution in [-0.4, -0.2) is 24.5 Å². The first-order valence-electron chi connectivity index (χ1n) is 6.53. The number of benzene rings is 1. The van der Waals surface area contributed by atoms with Gasteiger partial charge in [0.15, 0.2) is 0 Å². The van der Waals surface area contributed by atoms with Gasteiger partial charge in [0.1, 0.15) is 11.6 Å². The van der Waals surface area contributed by atoms with Crippen LogP contribution in [0.5, 0.6) is 0 Å². The number of hydrogen-bond donors (Lipinski definition) is 2. The summed E-state index contributed by atoms with van der Waals surface area (Å²) in [6.07, 6.45) is 1.88. The summed E-state index contributed by atoms with van der Waals surface area (Å²) in [6, 6.07) is 3.57. The molecule has 1 aliphatic heterocycles. The van der Waals surface area contributed by atoms with Crippen LogP contribution in [0.15, 0.2) is 18.2 Å². The fourth-order valence-electron chi connectivity index (χ4n) is 2.34. The summed E-state index contributed by atoms with van der Waals surface area (Å²) in [5.41, 5.74) is 0.218. The Bertz CT molecular complexity index is 465. The number of amides is 1. The van der Waals surface area contributed by atoms with E-state index in [9.17, 15) is 13.6 Å². The van der Waals surface area contributed by atoms with Gasteiger partial charge in [-0.05, 0) is 37.9 Å². The van der Waals surface area contributed by atoms with E-state index in [1.54, 1.807) is 0 Å². The predicted octanol–water partition coefficient (Wildman–Crippen LogP) is 1.76. The molecule has 104 valence electrons. The van der Waals surface area contributed by atoms with E-state index in [2.05, 4.69) is 10.6 Å². The van der Waals surface area contributed by atoms with Gasteiger partial charge < -0.3 is 10.6 Å². The van der Waals surface area contributed by atoms with Gasteiger partial charge in [-0.15, -0.1) is 0 Å². The van der Waals surface area contributed by atoms with Crippen LogP contribution in [0.25, 0.3) is 0 Å². The monoisotopic (exact) mass is 268 g/mol. The standard InChI is InChI=1S/C14H18F2N2O/c1-9-13(3-2-6-17-9)18-14(19)7-10-4-5-11(15)8-12(10)16/h4-5,8-9,13,17H,2-3,6-7H2,1H3,(H,18,19)/t9-,13-/m1/s1. The first-order valence-corrected chi connectivity index (χ1v) is 6.53.